The summed E-state index contributed by atoms with van der Waals surface area (Å²) in [6.07, 6.45) is 2.88. The number of rotatable bonds is 7. The second-order valence-corrected chi connectivity index (χ2v) is 6.25. The van der Waals surface area contributed by atoms with E-state index in [4.69, 9.17) is 9.47 Å². The molecule has 0 radical (unpaired) electrons. The van der Waals surface area contributed by atoms with Crippen molar-refractivity contribution >= 4 is 11.9 Å². The van der Waals surface area contributed by atoms with Gasteiger partial charge in [0.15, 0.2) is 6.10 Å². The Hall–Kier alpha value is -3.54. The van der Waals surface area contributed by atoms with Crippen LogP contribution in [0.15, 0.2) is 73.1 Å². The first-order chi connectivity index (χ1) is 13.6. The minimum absolute atomic E-state index is 0.341. The molecule has 0 fully saturated rings. The van der Waals surface area contributed by atoms with E-state index in [1.807, 2.05) is 59.4 Å². The SMILES string of the molecule is COc1ccc(CNC(=O)C(C)OC(=O)c2cccc(-n3cccc3)c2)cc1. The van der Waals surface area contributed by atoms with Gasteiger partial charge in [-0.2, -0.15) is 0 Å². The number of hydrogen-bond donors (Lipinski definition) is 1. The molecule has 1 aromatic heterocycles. The highest BCUT2D eigenvalue weighted by Gasteiger charge is 2.19. The fraction of sp³-hybridized carbons (Fsp3) is 0.182. The van der Waals surface area contributed by atoms with Crippen LogP contribution in [-0.2, 0) is 16.1 Å². The molecule has 1 heterocycles. The number of amides is 1. The maximum absolute atomic E-state index is 12.4. The number of aromatic nitrogens is 1. The van der Waals surface area contributed by atoms with Crippen LogP contribution in [0, 0.1) is 0 Å². The number of esters is 1. The highest BCUT2D eigenvalue weighted by Crippen LogP contribution is 2.13. The lowest BCUT2D eigenvalue weighted by molar-refractivity contribution is -0.129. The van der Waals surface area contributed by atoms with Gasteiger partial charge in [0.25, 0.3) is 5.91 Å². The minimum Gasteiger partial charge on any atom is -0.497 e. The summed E-state index contributed by atoms with van der Waals surface area (Å²) in [6.45, 7) is 1.89. The van der Waals surface area contributed by atoms with Crippen molar-refractivity contribution in [1.82, 2.24) is 9.88 Å². The predicted molar refractivity (Wildman–Crippen MR) is 105 cm³/mol. The van der Waals surface area contributed by atoms with Crippen LogP contribution in [0.4, 0.5) is 0 Å². The van der Waals surface area contributed by atoms with Crippen molar-refractivity contribution in [2.45, 2.75) is 19.6 Å². The summed E-state index contributed by atoms with van der Waals surface area (Å²) in [6, 6.07) is 18.2. The third-order valence-electron chi connectivity index (χ3n) is 4.26. The molecular weight excluding hydrogens is 356 g/mol. The quantitative estimate of drug-likeness (QED) is 0.640. The maximum atomic E-state index is 12.4. The smallest absolute Gasteiger partial charge is 0.338 e. The van der Waals surface area contributed by atoms with Gasteiger partial charge in [0.05, 0.1) is 12.7 Å². The van der Waals surface area contributed by atoms with E-state index in [1.165, 1.54) is 0 Å². The number of nitrogens with one attached hydrogen (secondary N) is 1. The van der Waals surface area contributed by atoms with E-state index in [-0.39, 0.29) is 5.91 Å². The van der Waals surface area contributed by atoms with Crippen molar-refractivity contribution in [3.8, 4) is 11.4 Å². The molecule has 0 saturated heterocycles. The Morgan fingerprint density at radius 1 is 1.04 bits per heavy atom. The van der Waals surface area contributed by atoms with Gasteiger partial charge in [0.1, 0.15) is 5.75 Å². The summed E-state index contributed by atoms with van der Waals surface area (Å²) in [5, 5.41) is 2.77. The summed E-state index contributed by atoms with van der Waals surface area (Å²) in [5.74, 6) is -0.147. The molecule has 144 valence electrons. The van der Waals surface area contributed by atoms with Crippen LogP contribution in [0.3, 0.4) is 0 Å². The minimum atomic E-state index is -0.902. The van der Waals surface area contributed by atoms with Crippen molar-refractivity contribution in [3.63, 3.8) is 0 Å². The predicted octanol–water partition coefficient (Wildman–Crippen LogP) is 3.35. The summed E-state index contributed by atoms with van der Waals surface area (Å²) < 4.78 is 12.3. The zero-order valence-corrected chi connectivity index (χ0v) is 15.8. The molecule has 0 saturated carbocycles. The van der Waals surface area contributed by atoms with Crippen molar-refractivity contribution in [1.29, 1.82) is 0 Å². The molecule has 0 aliphatic carbocycles. The summed E-state index contributed by atoms with van der Waals surface area (Å²) in [5.41, 5.74) is 2.16. The second kappa shape index (κ2) is 8.90. The van der Waals surface area contributed by atoms with Gasteiger partial charge in [0.2, 0.25) is 0 Å². The molecule has 0 aliphatic heterocycles. The van der Waals surface area contributed by atoms with Crippen LogP contribution in [-0.4, -0.2) is 29.7 Å². The first-order valence-corrected chi connectivity index (χ1v) is 8.92. The molecule has 6 nitrogen and oxygen atoms in total. The standard InChI is InChI=1S/C22H22N2O4/c1-16(21(25)23-15-17-8-10-20(27-2)11-9-17)28-22(26)18-6-5-7-19(14-18)24-12-3-4-13-24/h3-14,16H,15H2,1-2H3,(H,23,25). The summed E-state index contributed by atoms with van der Waals surface area (Å²) in [4.78, 5) is 24.6. The molecule has 2 aromatic carbocycles. The Balaban J connectivity index is 1.56. The zero-order valence-electron chi connectivity index (χ0n) is 15.8. The van der Waals surface area contributed by atoms with Crippen LogP contribution < -0.4 is 10.1 Å². The van der Waals surface area contributed by atoms with Gasteiger partial charge in [-0.3, -0.25) is 4.79 Å². The van der Waals surface area contributed by atoms with Crippen LogP contribution >= 0.6 is 0 Å². The number of hydrogen-bond acceptors (Lipinski definition) is 4. The molecule has 1 atom stereocenters. The average molecular weight is 378 g/mol. The van der Waals surface area contributed by atoms with E-state index in [9.17, 15) is 9.59 Å². The van der Waals surface area contributed by atoms with E-state index < -0.39 is 12.1 Å². The number of carbonyl (C=O) groups is 2. The maximum Gasteiger partial charge on any atom is 0.338 e. The fourth-order valence-corrected chi connectivity index (χ4v) is 2.66. The molecule has 3 rings (SSSR count). The van der Waals surface area contributed by atoms with Crippen LogP contribution in [0.5, 0.6) is 5.75 Å². The number of carbonyl (C=O) groups excluding carboxylic acids is 2. The van der Waals surface area contributed by atoms with E-state index in [0.717, 1.165) is 17.0 Å². The molecule has 6 heteroatoms. The molecular formula is C22H22N2O4. The normalized spacial score (nSPS) is 11.5. The molecule has 28 heavy (non-hydrogen) atoms. The van der Waals surface area contributed by atoms with Gasteiger partial charge in [-0.1, -0.05) is 18.2 Å². The summed E-state index contributed by atoms with van der Waals surface area (Å²) >= 11 is 0. The topological polar surface area (TPSA) is 69.6 Å². The molecule has 1 N–H and O–H groups in total. The third kappa shape index (κ3) is 4.79. The second-order valence-electron chi connectivity index (χ2n) is 6.25. The first kappa shape index (κ1) is 19.2. The van der Waals surface area contributed by atoms with Crippen molar-refractivity contribution in [3.05, 3.63) is 84.2 Å². The largest absolute Gasteiger partial charge is 0.497 e. The van der Waals surface area contributed by atoms with E-state index in [2.05, 4.69) is 5.32 Å². The van der Waals surface area contributed by atoms with E-state index >= 15 is 0 Å². The Morgan fingerprint density at radius 2 is 1.75 bits per heavy atom. The third-order valence-corrected chi connectivity index (χ3v) is 4.26. The van der Waals surface area contributed by atoms with Gasteiger partial charge in [-0.25, -0.2) is 4.79 Å². The van der Waals surface area contributed by atoms with E-state index in [1.54, 1.807) is 32.2 Å². The number of benzene rings is 2. The Morgan fingerprint density at radius 3 is 2.43 bits per heavy atom. The van der Waals surface area contributed by atoms with Gasteiger partial charge >= 0.3 is 5.97 Å². The molecule has 3 aromatic rings. The highest BCUT2D eigenvalue weighted by molar-refractivity contribution is 5.92. The number of ether oxygens (including phenoxy) is 2. The van der Waals surface area contributed by atoms with Crippen LogP contribution in [0.25, 0.3) is 5.69 Å². The zero-order chi connectivity index (χ0) is 19.9. The monoisotopic (exact) mass is 378 g/mol. The highest BCUT2D eigenvalue weighted by atomic mass is 16.5. The molecule has 1 unspecified atom stereocenters. The lowest BCUT2D eigenvalue weighted by atomic mass is 10.2. The van der Waals surface area contributed by atoms with Crippen molar-refractivity contribution in [2.24, 2.45) is 0 Å². The molecule has 0 aliphatic rings. The van der Waals surface area contributed by atoms with Gasteiger partial charge < -0.3 is 19.4 Å². The first-order valence-electron chi connectivity index (χ1n) is 8.92. The van der Waals surface area contributed by atoms with Crippen molar-refractivity contribution < 1.29 is 19.1 Å². The Bertz CT molecular complexity index is 933. The van der Waals surface area contributed by atoms with Crippen LogP contribution in [0.2, 0.25) is 0 Å². The fourth-order valence-electron chi connectivity index (χ4n) is 2.66. The van der Waals surface area contributed by atoms with Gasteiger partial charge in [0, 0.05) is 24.6 Å². The Labute approximate surface area is 163 Å². The lowest BCUT2D eigenvalue weighted by Crippen LogP contribution is -2.35. The van der Waals surface area contributed by atoms with Crippen LogP contribution in [0.1, 0.15) is 22.8 Å². The molecule has 0 spiro atoms. The number of methoxy groups -OCH3 is 1. The number of nitrogens with zero attached hydrogens (tertiary/aromatic N) is 1. The Kier molecular flexibility index (Phi) is 6.11. The van der Waals surface area contributed by atoms with Crippen molar-refractivity contribution in [2.75, 3.05) is 7.11 Å². The lowest BCUT2D eigenvalue weighted by Gasteiger charge is -2.14. The molecule has 0 bridgehead atoms. The van der Waals surface area contributed by atoms with Gasteiger partial charge in [-0.05, 0) is 55.0 Å². The average Bonchev–Trinajstić information content (AvgIpc) is 3.27. The summed E-state index contributed by atoms with van der Waals surface area (Å²) in [7, 11) is 1.60. The van der Waals surface area contributed by atoms with Gasteiger partial charge in [-0.15, -0.1) is 0 Å². The van der Waals surface area contributed by atoms with E-state index in [0.29, 0.717) is 12.1 Å². The molecule has 1 amide bonds.